The van der Waals surface area contributed by atoms with Crippen molar-refractivity contribution < 1.29 is 9.18 Å². The maximum Gasteiger partial charge on any atom is 0.240 e. The molecule has 1 fully saturated rings. The van der Waals surface area contributed by atoms with Crippen LogP contribution in [0.15, 0.2) is 18.2 Å². The van der Waals surface area contributed by atoms with E-state index in [9.17, 15) is 9.18 Å². The van der Waals surface area contributed by atoms with Gasteiger partial charge in [-0.3, -0.25) is 4.79 Å². The van der Waals surface area contributed by atoms with Crippen molar-refractivity contribution in [1.29, 1.82) is 0 Å². The van der Waals surface area contributed by atoms with E-state index in [-0.39, 0.29) is 29.7 Å². The summed E-state index contributed by atoms with van der Waals surface area (Å²) in [4.78, 5) is 14.3. The third-order valence-corrected chi connectivity index (χ3v) is 4.21. The van der Waals surface area contributed by atoms with Gasteiger partial charge in [0, 0.05) is 16.6 Å². The molecule has 0 bridgehead atoms. The van der Waals surface area contributed by atoms with E-state index in [2.05, 4.69) is 0 Å². The van der Waals surface area contributed by atoms with E-state index < -0.39 is 6.04 Å². The van der Waals surface area contributed by atoms with Gasteiger partial charge < -0.3 is 10.6 Å². The topological polar surface area (TPSA) is 46.3 Å². The number of nitrogens with two attached hydrogens (primary N) is 1. The molecule has 2 rings (SSSR count). The van der Waals surface area contributed by atoms with Crippen LogP contribution in [0.5, 0.6) is 0 Å². The van der Waals surface area contributed by atoms with Gasteiger partial charge in [-0.2, -0.15) is 0 Å². The zero-order chi connectivity index (χ0) is 15.8. The first-order valence-electron chi connectivity index (χ1n) is 7.20. The van der Waals surface area contributed by atoms with Crippen LogP contribution in [0.4, 0.5) is 4.39 Å². The first-order valence-corrected chi connectivity index (χ1v) is 7.58. The average Bonchev–Trinajstić information content (AvgIpc) is 3.20. The van der Waals surface area contributed by atoms with E-state index in [0.717, 1.165) is 12.8 Å². The van der Waals surface area contributed by atoms with E-state index >= 15 is 0 Å². The third-order valence-electron chi connectivity index (χ3n) is 3.86. The molecule has 1 amide bonds. The number of carbonyl (C=O) groups is 1. The minimum absolute atomic E-state index is 0.135. The Kier molecular flexibility index (Phi) is 4.59. The molecule has 2 N–H and O–H groups in total. The summed E-state index contributed by atoms with van der Waals surface area (Å²) in [5.41, 5.74) is 6.10. The zero-order valence-corrected chi connectivity index (χ0v) is 13.5. The largest absolute Gasteiger partial charge is 0.334 e. The van der Waals surface area contributed by atoms with Crippen molar-refractivity contribution in [2.75, 3.05) is 0 Å². The van der Waals surface area contributed by atoms with Crippen LogP contribution in [0.3, 0.4) is 0 Å². The second-order valence-corrected chi connectivity index (χ2v) is 7.15. The number of halogens is 2. The molecule has 1 saturated carbocycles. The first kappa shape index (κ1) is 16.2. The van der Waals surface area contributed by atoms with E-state index in [1.807, 2.05) is 20.8 Å². The van der Waals surface area contributed by atoms with Gasteiger partial charge in [-0.05, 0) is 30.4 Å². The number of carbonyl (C=O) groups excluding carboxylic acids is 1. The highest BCUT2D eigenvalue weighted by molar-refractivity contribution is 6.31. The molecule has 1 aromatic rings. The van der Waals surface area contributed by atoms with Crippen LogP contribution in [0.1, 0.15) is 39.2 Å². The Labute approximate surface area is 130 Å². The Morgan fingerprint density at radius 2 is 2.10 bits per heavy atom. The Balaban J connectivity index is 2.23. The molecule has 0 unspecified atom stereocenters. The summed E-state index contributed by atoms with van der Waals surface area (Å²) < 4.78 is 13.9. The number of hydrogen-bond donors (Lipinski definition) is 1. The predicted molar refractivity (Wildman–Crippen MR) is 82.4 cm³/mol. The molecule has 1 aromatic carbocycles. The smallest absolute Gasteiger partial charge is 0.240 e. The lowest BCUT2D eigenvalue weighted by atomic mass is 9.86. The molecular weight excluding hydrogens is 291 g/mol. The van der Waals surface area contributed by atoms with Crippen LogP contribution < -0.4 is 5.73 Å². The van der Waals surface area contributed by atoms with Gasteiger partial charge in [0.1, 0.15) is 5.82 Å². The summed E-state index contributed by atoms with van der Waals surface area (Å²) in [6.07, 6.45) is 1.88. The summed E-state index contributed by atoms with van der Waals surface area (Å²) in [7, 11) is 0. The molecule has 0 saturated heterocycles. The van der Waals surface area contributed by atoms with Gasteiger partial charge >= 0.3 is 0 Å². The summed E-state index contributed by atoms with van der Waals surface area (Å²) in [5, 5.41) is 0.345. The quantitative estimate of drug-likeness (QED) is 0.927. The number of amides is 1. The Morgan fingerprint density at radius 1 is 1.48 bits per heavy atom. The number of benzene rings is 1. The fraction of sp³-hybridized carbons (Fsp3) is 0.562. The fourth-order valence-corrected chi connectivity index (χ4v) is 2.40. The van der Waals surface area contributed by atoms with Crippen LogP contribution in [0, 0.1) is 11.2 Å². The standard InChI is InChI=1S/C16H22ClFN2O/c1-16(2,3)14(19)15(21)20(10-7-8-10)9-11-12(17)5-4-6-13(11)18/h4-6,10,14H,7-9,19H2,1-3H3/t14-/m1/s1. The Morgan fingerprint density at radius 3 is 2.57 bits per heavy atom. The van der Waals surface area contributed by atoms with Gasteiger partial charge in [-0.25, -0.2) is 4.39 Å². The van der Waals surface area contributed by atoms with E-state index in [0.29, 0.717) is 10.6 Å². The van der Waals surface area contributed by atoms with Gasteiger partial charge in [-0.15, -0.1) is 0 Å². The van der Waals surface area contributed by atoms with Crippen LogP contribution in [0.2, 0.25) is 5.02 Å². The molecule has 0 aliphatic heterocycles. The lowest BCUT2D eigenvalue weighted by molar-refractivity contribution is -0.136. The van der Waals surface area contributed by atoms with Crippen LogP contribution in [-0.4, -0.2) is 22.9 Å². The number of rotatable bonds is 4. The van der Waals surface area contributed by atoms with Crippen molar-refractivity contribution in [3.63, 3.8) is 0 Å². The molecule has 0 heterocycles. The molecule has 0 spiro atoms. The summed E-state index contributed by atoms with van der Waals surface area (Å²) in [5.74, 6) is -0.519. The van der Waals surface area contributed by atoms with Gasteiger partial charge in [0.05, 0.1) is 12.6 Å². The van der Waals surface area contributed by atoms with Crippen molar-refractivity contribution in [3.8, 4) is 0 Å². The van der Waals surface area contributed by atoms with Crippen molar-refractivity contribution in [1.82, 2.24) is 4.90 Å². The van der Waals surface area contributed by atoms with E-state index in [4.69, 9.17) is 17.3 Å². The van der Waals surface area contributed by atoms with Crippen LogP contribution >= 0.6 is 11.6 Å². The molecule has 1 aliphatic carbocycles. The monoisotopic (exact) mass is 312 g/mol. The molecule has 1 atom stereocenters. The van der Waals surface area contributed by atoms with E-state index in [1.54, 1.807) is 17.0 Å². The van der Waals surface area contributed by atoms with Gasteiger partial charge in [-0.1, -0.05) is 38.4 Å². The van der Waals surface area contributed by atoms with Crippen LogP contribution in [-0.2, 0) is 11.3 Å². The molecule has 116 valence electrons. The summed E-state index contributed by atoms with van der Waals surface area (Å²) in [6.45, 7) is 5.96. The molecule has 1 aliphatic rings. The molecule has 5 heteroatoms. The SMILES string of the molecule is CC(C)(C)[C@H](N)C(=O)N(Cc1c(F)cccc1Cl)C1CC1. The molecular formula is C16H22ClFN2O. The number of hydrogen-bond acceptors (Lipinski definition) is 2. The first-order chi connectivity index (χ1) is 9.71. The molecule has 3 nitrogen and oxygen atoms in total. The Hall–Kier alpha value is -1.13. The summed E-state index contributed by atoms with van der Waals surface area (Å²) >= 11 is 6.06. The van der Waals surface area contributed by atoms with Gasteiger partial charge in [0.25, 0.3) is 0 Å². The maximum atomic E-state index is 13.9. The second kappa shape index (κ2) is 5.93. The normalized spacial score (nSPS) is 16.7. The Bertz CT molecular complexity index is 517. The van der Waals surface area contributed by atoms with Crippen molar-refractivity contribution in [2.45, 2.75) is 52.2 Å². The number of nitrogens with zero attached hydrogens (tertiary/aromatic N) is 1. The minimum Gasteiger partial charge on any atom is -0.334 e. The van der Waals surface area contributed by atoms with Crippen molar-refractivity contribution in [3.05, 3.63) is 34.6 Å². The fourth-order valence-electron chi connectivity index (χ4n) is 2.18. The maximum absolute atomic E-state index is 13.9. The zero-order valence-electron chi connectivity index (χ0n) is 12.7. The predicted octanol–water partition coefficient (Wildman–Crippen LogP) is 3.34. The van der Waals surface area contributed by atoms with Crippen molar-refractivity contribution in [2.24, 2.45) is 11.1 Å². The highest BCUT2D eigenvalue weighted by atomic mass is 35.5. The molecule has 0 radical (unpaired) electrons. The average molecular weight is 313 g/mol. The van der Waals surface area contributed by atoms with Crippen LogP contribution in [0.25, 0.3) is 0 Å². The lowest BCUT2D eigenvalue weighted by Gasteiger charge is -2.32. The molecule has 21 heavy (non-hydrogen) atoms. The van der Waals surface area contributed by atoms with Gasteiger partial charge in [0.2, 0.25) is 5.91 Å². The van der Waals surface area contributed by atoms with Gasteiger partial charge in [0.15, 0.2) is 0 Å². The highest BCUT2D eigenvalue weighted by Gasteiger charge is 2.38. The minimum atomic E-state index is -0.608. The van der Waals surface area contributed by atoms with Crippen molar-refractivity contribution >= 4 is 17.5 Å². The lowest BCUT2D eigenvalue weighted by Crippen LogP contribution is -2.51. The molecule has 0 aromatic heterocycles. The summed E-state index contributed by atoms with van der Waals surface area (Å²) in [6, 6.07) is 4.11. The highest BCUT2D eigenvalue weighted by Crippen LogP contribution is 2.32. The third kappa shape index (κ3) is 3.74. The second-order valence-electron chi connectivity index (χ2n) is 6.74. The van der Waals surface area contributed by atoms with E-state index in [1.165, 1.54) is 6.07 Å².